The lowest BCUT2D eigenvalue weighted by Crippen LogP contribution is -2.33. The number of sulfonamides is 1. The zero-order valence-electron chi connectivity index (χ0n) is 18.0. The van der Waals surface area contributed by atoms with Crippen molar-refractivity contribution in [1.29, 1.82) is 0 Å². The predicted molar refractivity (Wildman–Crippen MR) is 120 cm³/mol. The van der Waals surface area contributed by atoms with Crippen LogP contribution in [0.15, 0.2) is 47.5 Å². The van der Waals surface area contributed by atoms with Crippen molar-refractivity contribution >= 4 is 38.5 Å². The molecular weight excluding hydrogens is 434 g/mol. The van der Waals surface area contributed by atoms with Gasteiger partial charge in [-0.25, -0.2) is 13.2 Å². The Labute approximate surface area is 185 Å². The third-order valence-electron chi connectivity index (χ3n) is 5.26. The van der Waals surface area contributed by atoms with Gasteiger partial charge < -0.3 is 19.7 Å². The molecule has 0 aliphatic rings. The van der Waals surface area contributed by atoms with Crippen LogP contribution in [0.3, 0.4) is 0 Å². The number of benzene rings is 2. The Morgan fingerprint density at radius 2 is 1.78 bits per heavy atom. The summed E-state index contributed by atoms with van der Waals surface area (Å²) in [5.74, 6) is -1.94. The SMILES string of the molecule is CCN(CC)C(=O)Cn1ccc2cc(NS(=O)(=O)c3cc(C(=O)O)c(O)cc3C)ccc21. The Balaban J connectivity index is 1.89. The number of aromatic carboxylic acids is 1. The number of carbonyl (C=O) groups is 2. The second kappa shape index (κ2) is 8.91. The zero-order valence-corrected chi connectivity index (χ0v) is 18.8. The Morgan fingerprint density at radius 3 is 2.41 bits per heavy atom. The average Bonchev–Trinajstić information content (AvgIpc) is 3.10. The maximum Gasteiger partial charge on any atom is 0.339 e. The largest absolute Gasteiger partial charge is 0.507 e. The summed E-state index contributed by atoms with van der Waals surface area (Å²) in [6.07, 6.45) is 1.77. The van der Waals surface area contributed by atoms with E-state index in [2.05, 4.69) is 4.72 Å². The van der Waals surface area contributed by atoms with Crippen molar-refractivity contribution in [2.45, 2.75) is 32.2 Å². The molecule has 0 saturated heterocycles. The van der Waals surface area contributed by atoms with Gasteiger partial charge in [0.15, 0.2) is 0 Å². The van der Waals surface area contributed by atoms with Gasteiger partial charge in [0.2, 0.25) is 5.91 Å². The second-order valence-electron chi connectivity index (χ2n) is 7.33. The molecule has 2 aromatic carbocycles. The molecule has 0 bridgehead atoms. The number of likely N-dealkylation sites (N-methyl/N-ethyl adjacent to an activating group) is 1. The van der Waals surface area contributed by atoms with Crippen LogP contribution in [0.4, 0.5) is 5.69 Å². The summed E-state index contributed by atoms with van der Waals surface area (Å²) in [6, 6.07) is 8.76. The molecule has 0 aliphatic heterocycles. The molecular formula is C22H25N3O6S. The smallest absolute Gasteiger partial charge is 0.339 e. The summed E-state index contributed by atoms with van der Waals surface area (Å²) in [5, 5.41) is 19.7. The van der Waals surface area contributed by atoms with Crippen LogP contribution in [0.2, 0.25) is 0 Å². The summed E-state index contributed by atoms with van der Waals surface area (Å²) in [6.45, 7) is 6.74. The van der Waals surface area contributed by atoms with E-state index < -0.39 is 27.3 Å². The maximum absolute atomic E-state index is 12.9. The van der Waals surface area contributed by atoms with E-state index in [0.29, 0.717) is 13.1 Å². The van der Waals surface area contributed by atoms with Gasteiger partial charge in [-0.1, -0.05) is 0 Å². The summed E-state index contributed by atoms with van der Waals surface area (Å²) >= 11 is 0. The fraction of sp³-hybridized carbons (Fsp3) is 0.273. The first-order chi connectivity index (χ1) is 15.1. The zero-order chi connectivity index (χ0) is 23.6. The quantitative estimate of drug-likeness (QED) is 0.475. The number of carbonyl (C=O) groups excluding carboxylic acids is 1. The topological polar surface area (TPSA) is 129 Å². The summed E-state index contributed by atoms with van der Waals surface area (Å²) in [7, 11) is -4.11. The van der Waals surface area contributed by atoms with Crippen LogP contribution in [-0.2, 0) is 21.4 Å². The summed E-state index contributed by atoms with van der Waals surface area (Å²) in [4.78, 5) is 25.2. The molecule has 3 rings (SSSR count). The molecule has 1 aromatic heterocycles. The van der Waals surface area contributed by atoms with Gasteiger partial charge in [-0.3, -0.25) is 9.52 Å². The molecule has 0 atom stereocenters. The molecule has 0 saturated carbocycles. The number of nitrogens with zero attached hydrogens (tertiary/aromatic N) is 2. The average molecular weight is 460 g/mol. The number of phenols is 1. The van der Waals surface area contributed by atoms with E-state index in [0.717, 1.165) is 23.0 Å². The number of hydrogen-bond donors (Lipinski definition) is 3. The summed E-state index contributed by atoms with van der Waals surface area (Å²) in [5.41, 5.74) is 0.778. The number of aryl methyl sites for hydroxylation is 1. The highest BCUT2D eigenvalue weighted by atomic mass is 32.2. The number of hydrogen-bond acceptors (Lipinski definition) is 5. The lowest BCUT2D eigenvalue weighted by atomic mass is 10.1. The second-order valence-corrected chi connectivity index (χ2v) is 8.98. The van der Waals surface area contributed by atoms with Gasteiger partial charge in [-0.05, 0) is 62.7 Å². The normalized spacial score (nSPS) is 11.5. The first-order valence-electron chi connectivity index (χ1n) is 10.0. The van der Waals surface area contributed by atoms with Crippen molar-refractivity contribution in [1.82, 2.24) is 9.47 Å². The number of amides is 1. The number of aromatic nitrogens is 1. The van der Waals surface area contributed by atoms with E-state index in [1.165, 1.54) is 6.92 Å². The van der Waals surface area contributed by atoms with Gasteiger partial charge in [0.25, 0.3) is 10.0 Å². The minimum atomic E-state index is -4.11. The minimum Gasteiger partial charge on any atom is -0.507 e. The molecule has 0 unspecified atom stereocenters. The third-order valence-corrected chi connectivity index (χ3v) is 6.78. The monoisotopic (exact) mass is 459 g/mol. The first-order valence-corrected chi connectivity index (χ1v) is 11.5. The molecule has 32 heavy (non-hydrogen) atoms. The van der Waals surface area contributed by atoms with E-state index >= 15 is 0 Å². The lowest BCUT2D eigenvalue weighted by molar-refractivity contribution is -0.131. The van der Waals surface area contributed by atoms with Crippen LogP contribution < -0.4 is 4.72 Å². The van der Waals surface area contributed by atoms with Gasteiger partial charge in [-0.2, -0.15) is 0 Å². The van der Waals surface area contributed by atoms with E-state index in [4.69, 9.17) is 0 Å². The van der Waals surface area contributed by atoms with Gasteiger partial charge in [-0.15, -0.1) is 0 Å². The van der Waals surface area contributed by atoms with Crippen molar-refractivity contribution < 1.29 is 28.2 Å². The number of carboxylic acids is 1. The molecule has 3 aromatic rings. The maximum atomic E-state index is 12.9. The molecule has 3 N–H and O–H groups in total. The molecule has 0 spiro atoms. The minimum absolute atomic E-state index is 0.00526. The highest BCUT2D eigenvalue weighted by molar-refractivity contribution is 7.92. The molecule has 1 heterocycles. The Bertz CT molecular complexity index is 1290. The van der Waals surface area contributed by atoms with Crippen LogP contribution in [0.1, 0.15) is 29.8 Å². The molecule has 0 radical (unpaired) electrons. The highest BCUT2D eigenvalue weighted by Gasteiger charge is 2.22. The Kier molecular flexibility index (Phi) is 6.45. The van der Waals surface area contributed by atoms with Crippen molar-refractivity contribution in [2.75, 3.05) is 17.8 Å². The number of anilines is 1. The molecule has 0 aliphatic carbocycles. The predicted octanol–water partition coefficient (Wildman–Crippen LogP) is 3.02. The fourth-order valence-electron chi connectivity index (χ4n) is 3.57. The van der Waals surface area contributed by atoms with Crippen molar-refractivity contribution in [3.8, 4) is 5.75 Å². The fourth-order valence-corrected chi connectivity index (χ4v) is 4.87. The summed E-state index contributed by atoms with van der Waals surface area (Å²) < 4.78 is 30.0. The first kappa shape index (κ1) is 23.1. The number of rotatable bonds is 8. The molecule has 170 valence electrons. The Hall–Kier alpha value is -3.53. The van der Waals surface area contributed by atoms with E-state index in [1.54, 1.807) is 39.9 Å². The van der Waals surface area contributed by atoms with E-state index in [9.17, 15) is 28.2 Å². The molecule has 1 amide bonds. The van der Waals surface area contributed by atoms with Crippen molar-refractivity contribution in [3.05, 3.63) is 53.7 Å². The molecule has 10 heteroatoms. The molecule has 9 nitrogen and oxygen atoms in total. The van der Waals surface area contributed by atoms with Gasteiger partial charge in [0, 0.05) is 35.9 Å². The van der Waals surface area contributed by atoms with Crippen LogP contribution in [0.5, 0.6) is 5.75 Å². The molecule has 0 fully saturated rings. The van der Waals surface area contributed by atoms with Crippen molar-refractivity contribution in [2.24, 2.45) is 0 Å². The number of carboxylic acid groups (broad SMARTS) is 1. The van der Waals surface area contributed by atoms with Crippen LogP contribution in [-0.4, -0.2) is 53.1 Å². The van der Waals surface area contributed by atoms with Gasteiger partial charge in [0.05, 0.1) is 4.90 Å². The Morgan fingerprint density at radius 1 is 1.09 bits per heavy atom. The van der Waals surface area contributed by atoms with Crippen LogP contribution in [0, 0.1) is 6.92 Å². The highest BCUT2D eigenvalue weighted by Crippen LogP contribution is 2.28. The van der Waals surface area contributed by atoms with E-state index in [-0.39, 0.29) is 28.6 Å². The van der Waals surface area contributed by atoms with Crippen LogP contribution in [0.25, 0.3) is 10.9 Å². The van der Waals surface area contributed by atoms with Gasteiger partial charge in [0.1, 0.15) is 17.9 Å². The number of fused-ring (bicyclic) bond motifs is 1. The number of aromatic hydroxyl groups is 1. The third kappa shape index (κ3) is 4.54. The number of nitrogens with one attached hydrogen (secondary N) is 1. The van der Waals surface area contributed by atoms with Crippen LogP contribution >= 0.6 is 0 Å². The van der Waals surface area contributed by atoms with E-state index in [1.807, 2.05) is 13.8 Å². The standard InChI is InChI=1S/C22H25N3O6S/c1-4-24(5-2)21(27)13-25-9-8-15-11-16(6-7-18(15)25)23-32(30,31)20-12-17(22(28)29)19(26)10-14(20)3/h6-12,23,26H,4-5,13H2,1-3H3,(H,28,29). The van der Waals surface area contributed by atoms with Gasteiger partial charge >= 0.3 is 5.97 Å². The lowest BCUT2D eigenvalue weighted by Gasteiger charge is -2.19. The van der Waals surface area contributed by atoms with Crippen molar-refractivity contribution in [3.63, 3.8) is 0 Å².